The predicted molar refractivity (Wildman–Crippen MR) is 108 cm³/mol. The Bertz CT molecular complexity index is 839. The maximum absolute atomic E-state index is 13.6. The lowest BCUT2D eigenvalue weighted by Gasteiger charge is -2.22. The molecular weight excluding hydrogens is 361 g/mol. The summed E-state index contributed by atoms with van der Waals surface area (Å²) in [6.07, 6.45) is 1.60. The number of nitrogens with two attached hydrogens (primary N) is 3. The van der Waals surface area contributed by atoms with Crippen molar-refractivity contribution in [3.63, 3.8) is 0 Å². The average molecular weight is 389 g/mol. The Morgan fingerprint density at radius 2 is 1.93 bits per heavy atom. The van der Waals surface area contributed by atoms with Crippen molar-refractivity contribution in [1.82, 2.24) is 20.3 Å². The van der Waals surface area contributed by atoms with Gasteiger partial charge in [-0.15, -0.1) is 0 Å². The molecule has 0 bridgehead atoms. The van der Waals surface area contributed by atoms with E-state index in [4.69, 9.17) is 17.3 Å². The van der Waals surface area contributed by atoms with E-state index in [1.54, 1.807) is 26.1 Å². The molecule has 0 saturated heterocycles. The molecule has 0 aliphatic heterocycles. The molecule has 1 amide bonds. The number of hydrogen-bond donors (Lipinski definition) is 4. The zero-order valence-corrected chi connectivity index (χ0v) is 16.7. The third-order valence-electron chi connectivity index (χ3n) is 3.81. The van der Waals surface area contributed by atoms with Crippen molar-refractivity contribution in [1.29, 1.82) is 0 Å². The van der Waals surface area contributed by atoms with Crippen LogP contribution >= 0.6 is 0 Å². The summed E-state index contributed by atoms with van der Waals surface area (Å²) >= 11 is 0. The summed E-state index contributed by atoms with van der Waals surface area (Å²) in [6, 6.07) is 5.71. The molecule has 0 aliphatic rings. The van der Waals surface area contributed by atoms with Crippen molar-refractivity contribution in [2.24, 2.45) is 11.6 Å². The van der Waals surface area contributed by atoms with Crippen LogP contribution < -0.4 is 22.6 Å². The Balaban J connectivity index is 0.00000190. The van der Waals surface area contributed by atoms with E-state index in [-0.39, 0.29) is 18.7 Å². The number of hydrazine groups is 1. The number of nitrogens with zero attached hydrogens (tertiary/aromatic N) is 3. The first kappa shape index (κ1) is 22.8. The van der Waals surface area contributed by atoms with Crippen molar-refractivity contribution in [3.05, 3.63) is 64.6 Å². The number of nitrogens with one attached hydrogen (secondary N) is 1. The van der Waals surface area contributed by atoms with E-state index in [2.05, 4.69) is 15.3 Å². The van der Waals surface area contributed by atoms with Crippen LogP contribution in [0.5, 0.6) is 0 Å². The normalized spacial score (nSPS) is 11.1. The number of benzene rings is 1. The van der Waals surface area contributed by atoms with Crippen LogP contribution in [0.3, 0.4) is 0 Å². The Morgan fingerprint density at radius 1 is 1.29 bits per heavy atom. The number of rotatable bonds is 6. The Labute approximate surface area is 164 Å². The molecular formula is C19H28FN7O. The van der Waals surface area contributed by atoms with Gasteiger partial charge in [0, 0.05) is 23.2 Å². The van der Waals surface area contributed by atoms with Gasteiger partial charge in [-0.2, -0.15) is 0 Å². The first-order chi connectivity index (χ1) is 13.3. The van der Waals surface area contributed by atoms with E-state index in [1.165, 1.54) is 23.2 Å². The zero-order chi connectivity index (χ0) is 21.3. The largest absolute Gasteiger partial charge is 0.399 e. The molecule has 0 atom stereocenters. The number of halogens is 1. The molecule has 0 saturated carbocycles. The first-order valence-corrected chi connectivity index (χ1v) is 8.87. The molecule has 8 nitrogen and oxygen atoms in total. The van der Waals surface area contributed by atoms with Gasteiger partial charge < -0.3 is 21.8 Å². The smallest absolute Gasteiger partial charge is 0.254 e. The summed E-state index contributed by atoms with van der Waals surface area (Å²) < 4.78 is 13.6. The minimum Gasteiger partial charge on any atom is -0.399 e. The lowest BCUT2D eigenvalue weighted by molar-refractivity contribution is 0.0952. The lowest BCUT2D eigenvalue weighted by Crippen LogP contribution is -2.35. The fourth-order valence-electron chi connectivity index (χ4n) is 2.16. The summed E-state index contributed by atoms with van der Waals surface area (Å²) in [5.41, 5.74) is 13.3. The molecule has 1 heterocycles. The Hall–Kier alpha value is -3.20. The van der Waals surface area contributed by atoms with Gasteiger partial charge in [-0.1, -0.05) is 26.0 Å². The topological polar surface area (TPSA) is 136 Å². The molecule has 0 fully saturated rings. The van der Waals surface area contributed by atoms with Gasteiger partial charge in [0.25, 0.3) is 5.91 Å². The van der Waals surface area contributed by atoms with E-state index >= 15 is 0 Å². The van der Waals surface area contributed by atoms with E-state index < -0.39 is 11.7 Å². The standard InChI is InChI=1S/C17H22FN7O.C2H6/c1-10(25(21)9-12-7-22-11(2)24-16(12)20)15(19)8-23-17(26)13-5-3-4-6-14(13)18;1-2/h3-7H,8-9,19,21H2,1-2H3,(H,23,26)(H2,20,22,24);1-2H3/b15-10-;. The van der Waals surface area contributed by atoms with Crippen LogP contribution in [0.15, 0.2) is 41.9 Å². The number of aromatic nitrogens is 2. The van der Waals surface area contributed by atoms with E-state index in [1.807, 2.05) is 13.8 Å². The highest BCUT2D eigenvalue weighted by Crippen LogP contribution is 2.13. The van der Waals surface area contributed by atoms with Gasteiger partial charge in [0.05, 0.1) is 18.7 Å². The summed E-state index contributed by atoms with van der Waals surface area (Å²) in [5, 5.41) is 3.95. The van der Waals surface area contributed by atoms with Crippen molar-refractivity contribution >= 4 is 11.7 Å². The number of carbonyl (C=O) groups excluding carboxylic acids is 1. The molecule has 9 heteroatoms. The highest BCUT2D eigenvalue weighted by Gasteiger charge is 2.13. The summed E-state index contributed by atoms with van der Waals surface area (Å²) in [5.74, 6) is 5.76. The number of nitrogen functional groups attached to an aromatic ring is 1. The predicted octanol–water partition coefficient (Wildman–Crippen LogP) is 1.83. The molecule has 0 radical (unpaired) electrons. The molecule has 0 spiro atoms. The first-order valence-electron chi connectivity index (χ1n) is 8.87. The Morgan fingerprint density at radius 3 is 2.54 bits per heavy atom. The molecule has 2 rings (SSSR count). The van der Waals surface area contributed by atoms with Gasteiger partial charge in [-0.3, -0.25) is 4.79 Å². The SMILES string of the molecule is C/C(=C(/N)CNC(=O)c1ccccc1F)N(N)Cc1cnc(C)nc1N.CC. The third-order valence-corrected chi connectivity index (χ3v) is 3.81. The number of carbonyl (C=O) groups is 1. The number of hydrogen-bond acceptors (Lipinski definition) is 7. The molecule has 7 N–H and O–H groups in total. The average Bonchev–Trinajstić information content (AvgIpc) is 2.69. The number of anilines is 1. The lowest BCUT2D eigenvalue weighted by atomic mass is 10.2. The van der Waals surface area contributed by atoms with Crippen LogP contribution in [0.25, 0.3) is 0 Å². The van der Waals surface area contributed by atoms with Crippen molar-refractivity contribution < 1.29 is 9.18 Å². The van der Waals surface area contributed by atoms with Crippen LogP contribution in [0.2, 0.25) is 0 Å². The fourth-order valence-corrected chi connectivity index (χ4v) is 2.16. The molecule has 1 aromatic carbocycles. The van der Waals surface area contributed by atoms with Gasteiger partial charge >= 0.3 is 0 Å². The second-order valence-electron chi connectivity index (χ2n) is 5.73. The zero-order valence-electron chi connectivity index (χ0n) is 16.7. The van der Waals surface area contributed by atoms with Crippen LogP contribution in [0, 0.1) is 12.7 Å². The quantitative estimate of drug-likeness (QED) is 0.437. The van der Waals surface area contributed by atoms with Crippen molar-refractivity contribution in [3.8, 4) is 0 Å². The van der Waals surface area contributed by atoms with Gasteiger partial charge in [-0.25, -0.2) is 20.2 Å². The maximum atomic E-state index is 13.6. The van der Waals surface area contributed by atoms with E-state index in [0.29, 0.717) is 28.6 Å². The third kappa shape index (κ3) is 6.20. The molecule has 2 aromatic rings. The van der Waals surface area contributed by atoms with Crippen molar-refractivity contribution in [2.45, 2.75) is 34.2 Å². The molecule has 1 aromatic heterocycles. The van der Waals surface area contributed by atoms with Gasteiger partial charge in [0.2, 0.25) is 0 Å². The number of allylic oxidation sites excluding steroid dienone is 1. The van der Waals surface area contributed by atoms with Gasteiger partial charge in [0.15, 0.2) is 0 Å². The fraction of sp³-hybridized carbons (Fsp3) is 0.316. The minimum absolute atomic E-state index is 0.0204. The molecule has 0 unspecified atom stereocenters. The van der Waals surface area contributed by atoms with E-state index in [9.17, 15) is 9.18 Å². The maximum Gasteiger partial charge on any atom is 0.254 e. The summed E-state index contributed by atoms with van der Waals surface area (Å²) in [7, 11) is 0. The van der Waals surface area contributed by atoms with Crippen LogP contribution in [0.1, 0.15) is 42.5 Å². The van der Waals surface area contributed by atoms with Gasteiger partial charge in [0.1, 0.15) is 17.5 Å². The Kier molecular flexibility index (Phi) is 8.83. The molecule has 0 aliphatic carbocycles. The summed E-state index contributed by atoms with van der Waals surface area (Å²) in [4.78, 5) is 20.2. The number of amides is 1. The highest BCUT2D eigenvalue weighted by atomic mass is 19.1. The monoisotopic (exact) mass is 389 g/mol. The number of aryl methyl sites for hydroxylation is 1. The van der Waals surface area contributed by atoms with E-state index in [0.717, 1.165) is 0 Å². The van der Waals surface area contributed by atoms with Crippen LogP contribution in [-0.2, 0) is 6.54 Å². The second kappa shape index (κ2) is 10.8. The molecule has 28 heavy (non-hydrogen) atoms. The molecule has 152 valence electrons. The second-order valence-corrected chi connectivity index (χ2v) is 5.73. The van der Waals surface area contributed by atoms with Crippen LogP contribution in [0.4, 0.5) is 10.2 Å². The summed E-state index contributed by atoms with van der Waals surface area (Å²) in [6.45, 7) is 7.71. The van der Waals surface area contributed by atoms with Crippen molar-refractivity contribution in [2.75, 3.05) is 12.3 Å². The minimum atomic E-state index is -0.598. The highest BCUT2D eigenvalue weighted by molar-refractivity contribution is 5.94. The van der Waals surface area contributed by atoms with Gasteiger partial charge in [-0.05, 0) is 26.0 Å². The van der Waals surface area contributed by atoms with Crippen LogP contribution in [-0.4, -0.2) is 27.4 Å².